The molecule has 1 unspecified atom stereocenters. The van der Waals surface area contributed by atoms with Crippen LogP contribution in [0.15, 0.2) is 0 Å². The topological polar surface area (TPSA) is 91.1 Å². The minimum atomic E-state index is -0.152. The Morgan fingerprint density at radius 1 is 1.37 bits per heavy atom. The van der Waals surface area contributed by atoms with Gasteiger partial charge in [-0.2, -0.15) is 4.98 Å². The summed E-state index contributed by atoms with van der Waals surface area (Å²) < 4.78 is 0. The summed E-state index contributed by atoms with van der Waals surface area (Å²) in [6.07, 6.45) is 3.69. The second kappa shape index (κ2) is 5.09. The summed E-state index contributed by atoms with van der Waals surface area (Å²) >= 11 is 0. The maximum Gasteiger partial charge on any atom is 0.244 e. The van der Waals surface area contributed by atoms with E-state index >= 15 is 0 Å². The Balaban J connectivity index is 1.58. The molecule has 0 bridgehead atoms. The molecule has 1 aliphatic carbocycles. The van der Waals surface area contributed by atoms with Crippen molar-refractivity contribution in [2.45, 2.75) is 50.7 Å². The van der Waals surface area contributed by atoms with Crippen molar-refractivity contribution in [3.05, 3.63) is 5.82 Å². The fraction of sp³-hybridized carbons (Fsp3) is 0.846. The molecule has 2 fully saturated rings. The molecule has 0 spiro atoms. The number of rotatable bonds is 3. The van der Waals surface area contributed by atoms with Crippen LogP contribution < -0.4 is 10.6 Å². The van der Waals surface area contributed by atoms with Gasteiger partial charge < -0.3 is 15.7 Å². The zero-order valence-corrected chi connectivity index (χ0v) is 11.4. The number of anilines is 1. The van der Waals surface area contributed by atoms with Crippen molar-refractivity contribution in [2.24, 2.45) is 11.7 Å². The van der Waals surface area contributed by atoms with Crippen molar-refractivity contribution in [3.8, 4) is 0 Å². The Morgan fingerprint density at radius 3 is 2.63 bits per heavy atom. The average Bonchev–Trinajstić information content (AvgIpc) is 2.84. The molecule has 1 aromatic rings. The molecule has 0 radical (unpaired) electrons. The van der Waals surface area contributed by atoms with E-state index < -0.39 is 0 Å². The van der Waals surface area contributed by atoms with Crippen LogP contribution in [0, 0.1) is 5.92 Å². The molecule has 106 valence electrons. The molecule has 1 atom stereocenters. The van der Waals surface area contributed by atoms with Gasteiger partial charge in [-0.1, -0.05) is 0 Å². The van der Waals surface area contributed by atoms with E-state index in [9.17, 15) is 5.11 Å². The van der Waals surface area contributed by atoms with Crippen LogP contribution in [0.25, 0.3) is 0 Å². The van der Waals surface area contributed by atoms with Crippen LogP contribution in [0.3, 0.4) is 0 Å². The lowest BCUT2D eigenvalue weighted by atomic mass is 9.82. The van der Waals surface area contributed by atoms with Crippen LogP contribution >= 0.6 is 0 Å². The molecule has 19 heavy (non-hydrogen) atoms. The monoisotopic (exact) mass is 265 g/mol. The van der Waals surface area contributed by atoms with Gasteiger partial charge in [0.1, 0.15) is 5.82 Å². The number of nitrogens with one attached hydrogen (secondary N) is 1. The minimum absolute atomic E-state index is 0.152. The summed E-state index contributed by atoms with van der Waals surface area (Å²) in [5.41, 5.74) is 5.95. The third-order valence-electron chi connectivity index (χ3n) is 4.56. The number of H-pyrrole nitrogens is 1. The number of aliphatic hydroxyl groups is 1. The Hall–Kier alpha value is -1.14. The van der Waals surface area contributed by atoms with Gasteiger partial charge in [0.2, 0.25) is 5.95 Å². The predicted molar refractivity (Wildman–Crippen MR) is 73.0 cm³/mol. The van der Waals surface area contributed by atoms with E-state index in [1.54, 1.807) is 0 Å². The van der Waals surface area contributed by atoms with Gasteiger partial charge in [0, 0.05) is 25.0 Å². The second-order valence-electron chi connectivity index (χ2n) is 6.03. The first kappa shape index (κ1) is 12.9. The maximum absolute atomic E-state index is 9.33. The quantitative estimate of drug-likeness (QED) is 0.744. The van der Waals surface area contributed by atoms with Crippen molar-refractivity contribution in [3.63, 3.8) is 0 Å². The van der Waals surface area contributed by atoms with E-state index in [2.05, 4.69) is 27.0 Å². The van der Waals surface area contributed by atoms with Crippen LogP contribution in [-0.2, 0) is 0 Å². The first-order chi connectivity index (χ1) is 9.13. The number of piperidine rings is 1. The third kappa shape index (κ3) is 2.60. The Morgan fingerprint density at radius 2 is 2.05 bits per heavy atom. The molecule has 6 nitrogen and oxygen atoms in total. The van der Waals surface area contributed by atoms with Gasteiger partial charge in [0.15, 0.2) is 0 Å². The van der Waals surface area contributed by atoms with Crippen molar-refractivity contribution in [2.75, 3.05) is 18.0 Å². The van der Waals surface area contributed by atoms with Gasteiger partial charge >= 0.3 is 0 Å². The third-order valence-corrected chi connectivity index (χ3v) is 4.56. The number of aromatic amines is 1. The molecule has 0 aromatic carbocycles. The van der Waals surface area contributed by atoms with Crippen LogP contribution in [0.5, 0.6) is 0 Å². The maximum atomic E-state index is 9.33. The minimum Gasteiger partial charge on any atom is -0.393 e. The number of aliphatic hydroxyl groups excluding tert-OH is 1. The van der Waals surface area contributed by atoms with Gasteiger partial charge in [0.25, 0.3) is 0 Å². The Labute approximate surface area is 113 Å². The normalized spacial score (nSPS) is 30.2. The van der Waals surface area contributed by atoms with Crippen molar-refractivity contribution >= 4 is 5.95 Å². The van der Waals surface area contributed by atoms with E-state index in [1.807, 2.05) is 0 Å². The molecule has 4 N–H and O–H groups in total. The number of nitrogens with two attached hydrogens (primary N) is 1. The van der Waals surface area contributed by atoms with Crippen LogP contribution in [0.2, 0.25) is 0 Å². The van der Waals surface area contributed by atoms with Crippen molar-refractivity contribution < 1.29 is 5.11 Å². The molecule has 2 heterocycles. The molecule has 0 amide bonds. The molecule has 6 heteroatoms. The number of hydrogen-bond donors (Lipinski definition) is 3. The highest BCUT2D eigenvalue weighted by Gasteiger charge is 2.32. The van der Waals surface area contributed by atoms with Crippen LogP contribution in [0.4, 0.5) is 5.95 Å². The highest BCUT2D eigenvalue weighted by atomic mass is 16.3. The van der Waals surface area contributed by atoms with E-state index in [0.717, 1.165) is 50.5 Å². The molecule has 1 saturated carbocycles. The van der Waals surface area contributed by atoms with E-state index in [4.69, 9.17) is 5.73 Å². The highest BCUT2D eigenvalue weighted by Crippen LogP contribution is 2.35. The number of nitrogens with zero attached hydrogens (tertiary/aromatic N) is 3. The molecule has 1 aliphatic heterocycles. The summed E-state index contributed by atoms with van der Waals surface area (Å²) in [5.74, 6) is 2.71. The van der Waals surface area contributed by atoms with Crippen molar-refractivity contribution in [1.82, 2.24) is 15.2 Å². The lowest BCUT2D eigenvalue weighted by Gasteiger charge is -2.33. The van der Waals surface area contributed by atoms with Gasteiger partial charge in [0.05, 0.1) is 6.10 Å². The van der Waals surface area contributed by atoms with Crippen LogP contribution in [-0.4, -0.2) is 45.5 Å². The smallest absolute Gasteiger partial charge is 0.244 e. The molecular formula is C13H23N5O. The van der Waals surface area contributed by atoms with Crippen molar-refractivity contribution in [1.29, 1.82) is 0 Å². The van der Waals surface area contributed by atoms with Gasteiger partial charge in [-0.3, -0.25) is 5.10 Å². The fourth-order valence-electron chi connectivity index (χ4n) is 3.03. The Bertz CT molecular complexity index is 418. The summed E-state index contributed by atoms with van der Waals surface area (Å²) in [6.45, 7) is 4.06. The highest BCUT2D eigenvalue weighted by molar-refractivity contribution is 5.30. The van der Waals surface area contributed by atoms with E-state index in [1.165, 1.54) is 0 Å². The molecule has 1 saturated heterocycles. The second-order valence-corrected chi connectivity index (χ2v) is 6.03. The molecule has 3 rings (SSSR count). The molecular weight excluding hydrogens is 242 g/mol. The fourth-order valence-corrected chi connectivity index (χ4v) is 3.03. The first-order valence-electron chi connectivity index (χ1n) is 7.24. The summed E-state index contributed by atoms with van der Waals surface area (Å²) in [4.78, 5) is 6.81. The zero-order valence-electron chi connectivity index (χ0n) is 11.4. The lowest BCUT2D eigenvalue weighted by Crippen LogP contribution is -2.40. The average molecular weight is 265 g/mol. The first-order valence-corrected chi connectivity index (χ1v) is 7.24. The van der Waals surface area contributed by atoms with Crippen LogP contribution in [0.1, 0.15) is 44.3 Å². The van der Waals surface area contributed by atoms with E-state index in [-0.39, 0.29) is 12.1 Å². The summed E-state index contributed by atoms with van der Waals surface area (Å²) in [6, 6.07) is 0.279. The summed E-state index contributed by atoms with van der Waals surface area (Å²) in [5, 5.41) is 16.7. The number of hydrogen-bond acceptors (Lipinski definition) is 5. The van der Waals surface area contributed by atoms with Gasteiger partial charge in [-0.05, 0) is 38.5 Å². The van der Waals surface area contributed by atoms with E-state index in [0.29, 0.717) is 11.8 Å². The molecule has 1 aromatic heterocycles. The predicted octanol–water partition coefficient (Wildman–Crippen LogP) is 0.607. The standard InChI is InChI=1S/C13H23N5O/c1-8(14)9-2-4-18(5-3-9)13-15-12(16-17-13)10-6-11(19)7-10/h8-11,19H,2-7,14H2,1H3,(H,15,16,17). The van der Waals surface area contributed by atoms with Gasteiger partial charge in [-0.25, -0.2) is 0 Å². The SMILES string of the molecule is CC(N)C1CCN(c2n[nH]c(C3CC(O)C3)n2)CC1. The lowest BCUT2D eigenvalue weighted by molar-refractivity contribution is 0.0718. The largest absolute Gasteiger partial charge is 0.393 e. The molecule has 2 aliphatic rings. The Kier molecular flexibility index (Phi) is 3.45. The summed E-state index contributed by atoms with van der Waals surface area (Å²) in [7, 11) is 0. The number of aromatic nitrogens is 3. The van der Waals surface area contributed by atoms with Gasteiger partial charge in [-0.15, -0.1) is 5.10 Å². The zero-order chi connectivity index (χ0) is 13.4.